The number of hydrogen-bond donors (Lipinski definition) is 0. The average molecular weight is 387 g/mol. The molecule has 7 heteroatoms. The molecule has 1 unspecified atom stereocenters. The Kier molecular flexibility index (Phi) is 6.31. The van der Waals surface area contributed by atoms with E-state index in [4.69, 9.17) is 9.51 Å². The van der Waals surface area contributed by atoms with Gasteiger partial charge in [-0.25, -0.2) is 4.98 Å². The van der Waals surface area contributed by atoms with E-state index in [0.717, 1.165) is 30.6 Å². The maximum absolute atomic E-state index is 13.0. The highest BCUT2D eigenvalue weighted by Gasteiger charge is 2.20. The standard InChI is InChI=1S/C20H26N4O2S/c1-5-8-17-22-18(26-23-17)14(4)27-20-21-16-10-7-6-9-15(16)19(25)24(20)12-11-13(2)3/h6-7,9-10,13-14H,5,8,11-12H2,1-4H3. The molecule has 0 aliphatic rings. The maximum atomic E-state index is 13.0. The lowest BCUT2D eigenvalue weighted by atomic mass is 10.1. The van der Waals surface area contributed by atoms with Crippen LogP contribution in [0.25, 0.3) is 10.9 Å². The lowest BCUT2D eigenvalue weighted by Crippen LogP contribution is -2.24. The highest BCUT2D eigenvalue weighted by Crippen LogP contribution is 2.33. The molecule has 0 fully saturated rings. The van der Waals surface area contributed by atoms with Crippen LogP contribution in [0.3, 0.4) is 0 Å². The molecule has 1 aromatic carbocycles. The van der Waals surface area contributed by atoms with Crippen molar-refractivity contribution < 1.29 is 4.52 Å². The maximum Gasteiger partial charge on any atom is 0.262 e. The van der Waals surface area contributed by atoms with Gasteiger partial charge in [-0.2, -0.15) is 4.98 Å². The second-order valence-electron chi connectivity index (χ2n) is 7.11. The lowest BCUT2D eigenvalue weighted by molar-refractivity contribution is 0.374. The molecule has 0 saturated heterocycles. The Balaban J connectivity index is 1.95. The van der Waals surface area contributed by atoms with Gasteiger partial charge in [-0.15, -0.1) is 0 Å². The smallest absolute Gasteiger partial charge is 0.262 e. The van der Waals surface area contributed by atoms with Crippen LogP contribution < -0.4 is 5.56 Å². The van der Waals surface area contributed by atoms with E-state index in [0.29, 0.717) is 28.9 Å². The molecule has 0 bridgehead atoms. The van der Waals surface area contributed by atoms with Crippen molar-refractivity contribution in [3.8, 4) is 0 Å². The van der Waals surface area contributed by atoms with Crippen LogP contribution in [-0.4, -0.2) is 19.7 Å². The number of fused-ring (bicyclic) bond motifs is 1. The van der Waals surface area contributed by atoms with E-state index in [1.54, 1.807) is 4.57 Å². The monoisotopic (exact) mass is 386 g/mol. The van der Waals surface area contributed by atoms with E-state index >= 15 is 0 Å². The van der Waals surface area contributed by atoms with Crippen molar-refractivity contribution >= 4 is 22.7 Å². The van der Waals surface area contributed by atoms with E-state index in [-0.39, 0.29) is 10.8 Å². The van der Waals surface area contributed by atoms with Crippen molar-refractivity contribution in [2.45, 2.75) is 63.9 Å². The molecule has 0 saturated carbocycles. The Morgan fingerprint density at radius 2 is 1.96 bits per heavy atom. The highest BCUT2D eigenvalue weighted by atomic mass is 32.2. The molecule has 0 aliphatic heterocycles. The summed E-state index contributed by atoms with van der Waals surface area (Å²) in [7, 11) is 0. The minimum Gasteiger partial charge on any atom is -0.338 e. The number of nitrogens with zero attached hydrogens (tertiary/aromatic N) is 4. The highest BCUT2D eigenvalue weighted by molar-refractivity contribution is 7.99. The SMILES string of the molecule is CCCc1noc(C(C)Sc2nc3ccccc3c(=O)n2CCC(C)C)n1. The minimum atomic E-state index is -0.0820. The molecule has 0 radical (unpaired) electrons. The Bertz CT molecular complexity index is 964. The van der Waals surface area contributed by atoms with E-state index < -0.39 is 0 Å². The fraction of sp³-hybridized carbons (Fsp3) is 0.500. The van der Waals surface area contributed by atoms with Crippen LogP contribution in [0, 0.1) is 5.92 Å². The zero-order chi connectivity index (χ0) is 19.4. The number of thioether (sulfide) groups is 1. The third kappa shape index (κ3) is 4.58. The van der Waals surface area contributed by atoms with Gasteiger partial charge in [-0.05, 0) is 37.8 Å². The summed E-state index contributed by atoms with van der Waals surface area (Å²) in [6.07, 6.45) is 2.69. The van der Waals surface area contributed by atoms with Gasteiger partial charge in [-0.1, -0.05) is 49.8 Å². The number of aryl methyl sites for hydroxylation is 1. The summed E-state index contributed by atoms with van der Waals surface area (Å²) in [6, 6.07) is 7.50. The molecule has 3 rings (SSSR count). The largest absolute Gasteiger partial charge is 0.338 e. The molecular formula is C20H26N4O2S. The molecule has 6 nitrogen and oxygen atoms in total. The topological polar surface area (TPSA) is 73.8 Å². The fourth-order valence-corrected chi connectivity index (χ4v) is 3.75. The lowest BCUT2D eigenvalue weighted by Gasteiger charge is -2.15. The zero-order valence-electron chi connectivity index (χ0n) is 16.3. The minimum absolute atomic E-state index is 0.00755. The summed E-state index contributed by atoms with van der Waals surface area (Å²) in [6.45, 7) is 9.04. The van der Waals surface area contributed by atoms with Crippen LogP contribution in [0.5, 0.6) is 0 Å². The van der Waals surface area contributed by atoms with E-state index in [9.17, 15) is 4.79 Å². The van der Waals surface area contributed by atoms with Gasteiger partial charge in [0, 0.05) is 13.0 Å². The number of para-hydroxylation sites is 1. The first-order valence-corrected chi connectivity index (χ1v) is 10.4. The summed E-state index contributed by atoms with van der Waals surface area (Å²) in [4.78, 5) is 22.3. The first kappa shape index (κ1) is 19.6. The van der Waals surface area contributed by atoms with Crippen molar-refractivity contribution in [3.05, 3.63) is 46.3 Å². The Morgan fingerprint density at radius 3 is 2.70 bits per heavy atom. The molecule has 1 atom stereocenters. The Hall–Kier alpha value is -2.15. The number of aromatic nitrogens is 4. The summed E-state index contributed by atoms with van der Waals surface area (Å²) in [5.41, 5.74) is 0.725. The van der Waals surface area contributed by atoms with Gasteiger partial charge in [-0.3, -0.25) is 9.36 Å². The fourth-order valence-electron chi connectivity index (χ4n) is 2.79. The van der Waals surface area contributed by atoms with Gasteiger partial charge < -0.3 is 4.52 Å². The van der Waals surface area contributed by atoms with Crippen molar-refractivity contribution in [2.75, 3.05) is 0 Å². The van der Waals surface area contributed by atoms with Crippen molar-refractivity contribution in [3.63, 3.8) is 0 Å². The average Bonchev–Trinajstić information content (AvgIpc) is 3.10. The van der Waals surface area contributed by atoms with Gasteiger partial charge in [0.2, 0.25) is 5.89 Å². The Morgan fingerprint density at radius 1 is 1.19 bits per heavy atom. The molecular weight excluding hydrogens is 360 g/mol. The molecule has 2 heterocycles. The molecule has 3 aromatic rings. The third-order valence-corrected chi connectivity index (χ3v) is 5.42. The number of benzene rings is 1. The third-order valence-electron chi connectivity index (χ3n) is 4.34. The van der Waals surface area contributed by atoms with Crippen molar-refractivity contribution in [1.82, 2.24) is 19.7 Å². The predicted octanol–water partition coefficient (Wildman–Crippen LogP) is 4.63. The van der Waals surface area contributed by atoms with Gasteiger partial charge in [0.05, 0.1) is 16.2 Å². The molecule has 0 amide bonds. The summed E-state index contributed by atoms with van der Waals surface area (Å²) >= 11 is 1.49. The zero-order valence-corrected chi connectivity index (χ0v) is 17.1. The molecule has 0 aliphatic carbocycles. The second kappa shape index (κ2) is 8.69. The van der Waals surface area contributed by atoms with Crippen LogP contribution in [0.2, 0.25) is 0 Å². The molecule has 144 valence electrons. The summed E-state index contributed by atoms with van der Waals surface area (Å²) in [5.74, 6) is 1.80. The first-order chi connectivity index (χ1) is 13.0. The molecule has 2 aromatic heterocycles. The van der Waals surface area contributed by atoms with Crippen LogP contribution >= 0.6 is 11.8 Å². The van der Waals surface area contributed by atoms with Gasteiger partial charge >= 0.3 is 0 Å². The number of rotatable bonds is 8. The summed E-state index contributed by atoms with van der Waals surface area (Å²) in [5, 5.41) is 5.30. The molecule has 0 N–H and O–H groups in total. The van der Waals surface area contributed by atoms with Gasteiger partial charge in [0.15, 0.2) is 11.0 Å². The van der Waals surface area contributed by atoms with Crippen LogP contribution in [0.4, 0.5) is 0 Å². The Labute approximate surface area is 163 Å². The van der Waals surface area contributed by atoms with Crippen molar-refractivity contribution in [2.24, 2.45) is 5.92 Å². The normalized spacial score (nSPS) is 12.8. The van der Waals surface area contributed by atoms with E-state index in [2.05, 4.69) is 30.9 Å². The van der Waals surface area contributed by atoms with Crippen LogP contribution in [-0.2, 0) is 13.0 Å². The molecule has 27 heavy (non-hydrogen) atoms. The second-order valence-corrected chi connectivity index (χ2v) is 8.42. The molecule has 0 spiro atoms. The number of hydrogen-bond acceptors (Lipinski definition) is 6. The van der Waals surface area contributed by atoms with Gasteiger partial charge in [0.1, 0.15) is 0 Å². The van der Waals surface area contributed by atoms with E-state index in [1.807, 2.05) is 31.2 Å². The van der Waals surface area contributed by atoms with Crippen LogP contribution in [0.15, 0.2) is 38.7 Å². The summed E-state index contributed by atoms with van der Waals surface area (Å²) < 4.78 is 7.19. The quantitative estimate of drug-likeness (QED) is 0.415. The van der Waals surface area contributed by atoms with Crippen molar-refractivity contribution in [1.29, 1.82) is 0 Å². The predicted molar refractivity (Wildman–Crippen MR) is 108 cm³/mol. The van der Waals surface area contributed by atoms with E-state index in [1.165, 1.54) is 11.8 Å². The van der Waals surface area contributed by atoms with Crippen LogP contribution in [0.1, 0.15) is 57.5 Å². The first-order valence-electron chi connectivity index (χ1n) is 9.48. The van der Waals surface area contributed by atoms with Gasteiger partial charge in [0.25, 0.3) is 5.56 Å².